The van der Waals surface area contributed by atoms with Crippen molar-refractivity contribution in [3.63, 3.8) is 0 Å². The fourth-order valence-electron chi connectivity index (χ4n) is 3.40. The molecule has 1 saturated heterocycles. The number of rotatable bonds is 7. The molecule has 6 nitrogen and oxygen atoms in total. The van der Waals surface area contributed by atoms with Crippen LogP contribution in [0.2, 0.25) is 5.02 Å². The third kappa shape index (κ3) is 5.95. The van der Waals surface area contributed by atoms with E-state index < -0.39 is 6.10 Å². The van der Waals surface area contributed by atoms with E-state index in [2.05, 4.69) is 10.6 Å². The summed E-state index contributed by atoms with van der Waals surface area (Å²) in [7, 11) is 0. The SMILES string of the molecule is CC(=O)Nc1ccc(N(CC2CCCN2)C(=O)[C@@H](C)Oc2cccc(Cl)c2)cc1. The lowest BCUT2D eigenvalue weighted by Crippen LogP contribution is -2.46. The van der Waals surface area contributed by atoms with Gasteiger partial charge in [0.25, 0.3) is 5.91 Å². The molecule has 0 bridgehead atoms. The molecular weight excluding hydrogens is 390 g/mol. The summed E-state index contributed by atoms with van der Waals surface area (Å²) in [4.78, 5) is 26.2. The monoisotopic (exact) mass is 415 g/mol. The van der Waals surface area contributed by atoms with Gasteiger partial charge in [0.2, 0.25) is 5.91 Å². The summed E-state index contributed by atoms with van der Waals surface area (Å²) in [5.74, 6) is 0.286. The second-order valence-electron chi connectivity index (χ2n) is 7.19. The maximum Gasteiger partial charge on any atom is 0.267 e. The Bertz CT molecular complexity index is 851. The zero-order chi connectivity index (χ0) is 20.8. The first-order valence-corrected chi connectivity index (χ1v) is 10.1. The number of benzene rings is 2. The van der Waals surface area contributed by atoms with Gasteiger partial charge in [-0.05, 0) is 68.8 Å². The van der Waals surface area contributed by atoms with Crippen molar-refractivity contribution in [1.82, 2.24) is 5.32 Å². The van der Waals surface area contributed by atoms with E-state index >= 15 is 0 Å². The van der Waals surface area contributed by atoms with Crippen molar-refractivity contribution in [1.29, 1.82) is 0 Å². The highest BCUT2D eigenvalue weighted by Crippen LogP contribution is 2.23. The number of halogens is 1. The lowest BCUT2D eigenvalue weighted by atomic mass is 10.1. The van der Waals surface area contributed by atoms with Crippen LogP contribution in [0, 0.1) is 0 Å². The van der Waals surface area contributed by atoms with E-state index in [0.29, 0.717) is 23.0 Å². The first-order valence-electron chi connectivity index (χ1n) is 9.77. The second-order valence-corrected chi connectivity index (χ2v) is 7.62. The fourth-order valence-corrected chi connectivity index (χ4v) is 3.58. The van der Waals surface area contributed by atoms with Gasteiger partial charge in [0.15, 0.2) is 6.10 Å². The van der Waals surface area contributed by atoms with Gasteiger partial charge < -0.3 is 20.3 Å². The average molecular weight is 416 g/mol. The highest BCUT2D eigenvalue weighted by atomic mass is 35.5. The van der Waals surface area contributed by atoms with Gasteiger partial charge in [-0.1, -0.05) is 17.7 Å². The van der Waals surface area contributed by atoms with Gasteiger partial charge in [-0.3, -0.25) is 9.59 Å². The minimum Gasteiger partial charge on any atom is -0.481 e. The lowest BCUT2D eigenvalue weighted by molar-refractivity contribution is -0.124. The van der Waals surface area contributed by atoms with Gasteiger partial charge in [-0.2, -0.15) is 0 Å². The molecule has 29 heavy (non-hydrogen) atoms. The minimum absolute atomic E-state index is 0.133. The zero-order valence-corrected chi connectivity index (χ0v) is 17.4. The number of nitrogens with one attached hydrogen (secondary N) is 2. The van der Waals surface area contributed by atoms with Gasteiger partial charge in [0.05, 0.1) is 0 Å². The summed E-state index contributed by atoms with van der Waals surface area (Å²) in [6.07, 6.45) is 1.45. The van der Waals surface area contributed by atoms with E-state index in [-0.39, 0.29) is 17.9 Å². The molecule has 1 heterocycles. The Morgan fingerprint density at radius 1 is 1.28 bits per heavy atom. The topological polar surface area (TPSA) is 70.7 Å². The van der Waals surface area contributed by atoms with Gasteiger partial charge in [0, 0.05) is 35.9 Å². The van der Waals surface area contributed by atoms with Crippen LogP contribution < -0.4 is 20.3 Å². The van der Waals surface area contributed by atoms with E-state index in [4.69, 9.17) is 16.3 Å². The summed E-state index contributed by atoms with van der Waals surface area (Å²) >= 11 is 6.02. The van der Waals surface area contributed by atoms with Crippen LogP contribution >= 0.6 is 11.6 Å². The third-order valence-electron chi connectivity index (χ3n) is 4.79. The largest absolute Gasteiger partial charge is 0.481 e. The van der Waals surface area contributed by atoms with Crippen molar-refractivity contribution < 1.29 is 14.3 Å². The number of hydrogen-bond donors (Lipinski definition) is 2. The fraction of sp³-hybridized carbons (Fsp3) is 0.364. The lowest BCUT2D eigenvalue weighted by Gasteiger charge is -2.29. The van der Waals surface area contributed by atoms with Crippen LogP contribution in [-0.2, 0) is 9.59 Å². The second kappa shape index (κ2) is 9.76. The van der Waals surface area contributed by atoms with E-state index in [0.717, 1.165) is 25.1 Å². The highest BCUT2D eigenvalue weighted by molar-refractivity contribution is 6.30. The molecule has 1 aliphatic rings. The molecule has 2 atom stereocenters. The number of ether oxygens (including phenoxy) is 1. The van der Waals surface area contributed by atoms with Crippen molar-refractivity contribution in [2.75, 3.05) is 23.3 Å². The van der Waals surface area contributed by atoms with Gasteiger partial charge >= 0.3 is 0 Å². The van der Waals surface area contributed by atoms with Crippen LogP contribution in [0.4, 0.5) is 11.4 Å². The Hall–Kier alpha value is -2.57. The molecule has 2 aromatic carbocycles. The van der Waals surface area contributed by atoms with Crippen molar-refractivity contribution in [2.24, 2.45) is 0 Å². The maximum absolute atomic E-state index is 13.3. The normalized spacial score (nSPS) is 16.9. The Balaban J connectivity index is 1.78. The minimum atomic E-state index is -0.676. The number of anilines is 2. The Morgan fingerprint density at radius 2 is 2.03 bits per heavy atom. The first-order chi connectivity index (χ1) is 13.9. The summed E-state index contributed by atoms with van der Waals surface area (Å²) in [5.41, 5.74) is 1.45. The number of nitrogens with zero attached hydrogens (tertiary/aromatic N) is 1. The van der Waals surface area contributed by atoms with Crippen molar-refractivity contribution in [2.45, 2.75) is 38.8 Å². The van der Waals surface area contributed by atoms with Crippen LogP contribution in [0.3, 0.4) is 0 Å². The molecule has 154 valence electrons. The van der Waals surface area contributed by atoms with Crippen LogP contribution in [0.1, 0.15) is 26.7 Å². The molecule has 3 rings (SSSR count). The Labute approximate surface area is 176 Å². The number of carbonyl (C=O) groups is 2. The van der Waals surface area contributed by atoms with Crippen LogP contribution in [0.5, 0.6) is 5.75 Å². The quantitative estimate of drug-likeness (QED) is 0.720. The molecule has 1 fully saturated rings. The van der Waals surface area contributed by atoms with Crippen LogP contribution in [0.25, 0.3) is 0 Å². The molecule has 0 saturated carbocycles. The number of hydrogen-bond acceptors (Lipinski definition) is 4. The van der Waals surface area contributed by atoms with Crippen LogP contribution in [0.15, 0.2) is 48.5 Å². The van der Waals surface area contributed by atoms with E-state index in [1.807, 2.05) is 12.1 Å². The molecule has 0 aromatic heterocycles. The zero-order valence-electron chi connectivity index (χ0n) is 16.7. The van der Waals surface area contributed by atoms with Crippen molar-refractivity contribution >= 4 is 34.8 Å². The Kier molecular flexibility index (Phi) is 7.12. The molecule has 1 aliphatic heterocycles. The predicted molar refractivity (Wildman–Crippen MR) is 116 cm³/mol. The standard InChI is InChI=1S/C22H26ClN3O3/c1-15(29-21-7-3-5-17(23)13-21)22(28)26(14-19-6-4-12-24-19)20-10-8-18(9-11-20)25-16(2)27/h3,5,7-11,13,15,19,24H,4,6,12,14H2,1-2H3,(H,25,27)/t15-,19?/m1/s1. The molecule has 2 aromatic rings. The molecule has 2 amide bonds. The van der Waals surface area contributed by atoms with E-state index in [9.17, 15) is 9.59 Å². The van der Waals surface area contributed by atoms with E-state index in [1.165, 1.54) is 6.92 Å². The molecule has 0 aliphatic carbocycles. The van der Waals surface area contributed by atoms with Gasteiger partial charge in [0.1, 0.15) is 5.75 Å². The number of carbonyl (C=O) groups excluding carboxylic acids is 2. The van der Waals surface area contributed by atoms with Crippen LogP contribution in [-0.4, -0.2) is 37.0 Å². The maximum atomic E-state index is 13.3. The van der Waals surface area contributed by atoms with Gasteiger partial charge in [-0.15, -0.1) is 0 Å². The first kappa shape index (κ1) is 21.1. The van der Waals surface area contributed by atoms with E-state index in [1.54, 1.807) is 48.2 Å². The molecular formula is C22H26ClN3O3. The summed E-state index contributed by atoms with van der Waals surface area (Å²) in [5, 5.41) is 6.74. The summed E-state index contributed by atoms with van der Waals surface area (Å²) in [6.45, 7) is 4.72. The molecule has 2 N–H and O–H groups in total. The smallest absolute Gasteiger partial charge is 0.267 e. The Morgan fingerprint density at radius 3 is 2.66 bits per heavy atom. The van der Waals surface area contributed by atoms with Gasteiger partial charge in [-0.25, -0.2) is 0 Å². The molecule has 1 unspecified atom stereocenters. The molecule has 0 spiro atoms. The summed E-state index contributed by atoms with van der Waals surface area (Å²) in [6, 6.07) is 14.5. The van der Waals surface area contributed by atoms with Crippen molar-refractivity contribution in [3.05, 3.63) is 53.6 Å². The number of amides is 2. The molecule has 0 radical (unpaired) electrons. The predicted octanol–water partition coefficient (Wildman–Crippen LogP) is 3.85. The van der Waals surface area contributed by atoms with Crippen molar-refractivity contribution in [3.8, 4) is 5.75 Å². The third-order valence-corrected chi connectivity index (χ3v) is 5.02. The highest BCUT2D eigenvalue weighted by Gasteiger charge is 2.27. The average Bonchev–Trinajstić information content (AvgIpc) is 3.19. The summed E-state index contributed by atoms with van der Waals surface area (Å²) < 4.78 is 5.85. The molecule has 7 heteroatoms.